The van der Waals surface area contributed by atoms with Gasteiger partial charge in [0.15, 0.2) is 0 Å². The van der Waals surface area contributed by atoms with E-state index in [1.807, 2.05) is 66.4 Å². The van der Waals surface area contributed by atoms with Gasteiger partial charge in [-0.3, -0.25) is 9.59 Å². The molecule has 0 aliphatic carbocycles. The second-order valence-electron chi connectivity index (χ2n) is 7.58. The molecule has 7 heteroatoms. The molecule has 0 saturated carbocycles. The number of thioether (sulfide) groups is 1. The third kappa shape index (κ3) is 4.13. The van der Waals surface area contributed by atoms with Crippen LogP contribution >= 0.6 is 23.1 Å². The third-order valence-corrected chi connectivity index (χ3v) is 7.42. The van der Waals surface area contributed by atoms with Gasteiger partial charge in [0, 0.05) is 22.8 Å². The Hall–Kier alpha value is -3.16. The first kappa shape index (κ1) is 20.7. The fraction of sp³-hybridized carbons (Fsp3) is 0.160. The highest BCUT2D eigenvalue weighted by Gasteiger charge is 2.24. The first-order valence-corrected chi connectivity index (χ1v) is 12.2. The zero-order valence-corrected chi connectivity index (χ0v) is 19.1. The van der Waals surface area contributed by atoms with Crippen molar-refractivity contribution in [3.05, 3.63) is 82.9 Å². The molecule has 0 spiro atoms. The maximum Gasteiger partial charge on any atom is 0.256 e. The number of aromatic nitrogens is 1. The van der Waals surface area contributed by atoms with E-state index < -0.39 is 0 Å². The lowest BCUT2D eigenvalue weighted by atomic mass is 10.2. The lowest BCUT2D eigenvalue weighted by Gasteiger charge is -2.17. The van der Waals surface area contributed by atoms with Crippen molar-refractivity contribution < 1.29 is 9.59 Å². The molecule has 4 aromatic rings. The molecule has 0 atom stereocenters. The minimum Gasteiger partial charge on any atom is -0.322 e. The molecule has 0 radical (unpaired) electrons. The van der Waals surface area contributed by atoms with Crippen LogP contribution in [0.4, 0.5) is 11.4 Å². The van der Waals surface area contributed by atoms with E-state index in [2.05, 4.69) is 16.4 Å². The summed E-state index contributed by atoms with van der Waals surface area (Å²) in [6.45, 7) is 2.68. The average molecular weight is 460 g/mol. The number of rotatable bonds is 5. The fourth-order valence-corrected chi connectivity index (χ4v) is 5.70. The van der Waals surface area contributed by atoms with Gasteiger partial charge in [-0.25, -0.2) is 4.98 Å². The maximum absolute atomic E-state index is 13.0. The summed E-state index contributed by atoms with van der Waals surface area (Å²) in [6.07, 6.45) is 0.884. The number of nitrogens with zero attached hydrogens (tertiary/aromatic N) is 2. The number of benzene rings is 3. The van der Waals surface area contributed by atoms with Crippen molar-refractivity contribution in [2.45, 2.75) is 18.2 Å². The van der Waals surface area contributed by atoms with E-state index in [9.17, 15) is 9.59 Å². The lowest BCUT2D eigenvalue weighted by Crippen LogP contribution is -2.30. The normalized spacial score (nSPS) is 12.7. The molecule has 0 unspecified atom stereocenters. The molecule has 0 fully saturated rings. The summed E-state index contributed by atoms with van der Waals surface area (Å²) in [5.41, 5.74) is 4.43. The molecule has 5 rings (SSSR count). The highest BCUT2D eigenvalue weighted by atomic mass is 32.2. The van der Waals surface area contributed by atoms with Crippen LogP contribution in [0.1, 0.15) is 20.9 Å². The Balaban J connectivity index is 1.29. The summed E-state index contributed by atoms with van der Waals surface area (Å²) in [7, 11) is 0. The van der Waals surface area contributed by atoms with Crippen molar-refractivity contribution in [2.24, 2.45) is 0 Å². The van der Waals surface area contributed by atoms with Gasteiger partial charge in [0.2, 0.25) is 5.91 Å². The van der Waals surface area contributed by atoms with Crippen molar-refractivity contribution in [1.29, 1.82) is 0 Å². The number of fused-ring (bicyclic) bond motifs is 2. The number of carbonyl (C=O) groups is 2. The monoisotopic (exact) mass is 459 g/mol. The number of amides is 2. The molecule has 1 aliphatic rings. The Kier molecular flexibility index (Phi) is 5.68. The summed E-state index contributed by atoms with van der Waals surface area (Å²) in [5, 5.41) is 3.98. The van der Waals surface area contributed by atoms with Crippen molar-refractivity contribution in [3.8, 4) is 0 Å². The Morgan fingerprint density at radius 2 is 1.91 bits per heavy atom. The molecule has 0 saturated heterocycles. The highest BCUT2D eigenvalue weighted by molar-refractivity contribution is 8.00. The topological polar surface area (TPSA) is 62.3 Å². The summed E-state index contributed by atoms with van der Waals surface area (Å²) < 4.78 is 1.04. The molecule has 3 aromatic carbocycles. The lowest BCUT2D eigenvalue weighted by molar-refractivity contribution is -0.116. The summed E-state index contributed by atoms with van der Waals surface area (Å²) in [6, 6.07) is 21.2. The second-order valence-corrected chi connectivity index (χ2v) is 9.83. The molecule has 160 valence electrons. The Morgan fingerprint density at radius 3 is 2.81 bits per heavy atom. The Labute approximate surface area is 194 Å². The van der Waals surface area contributed by atoms with Crippen molar-refractivity contribution >= 4 is 56.5 Å². The zero-order valence-electron chi connectivity index (χ0n) is 17.5. The zero-order chi connectivity index (χ0) is 22.1. The summed E-state index contributed by atoms with van der Waals surface area (Å²) in [5.74, 6) is 0.152. The maximum atomic E-state index is 13.0. The van der Waals surface area contributed by atoms with Crippen molar-refractivity contribution in [3.63, 3.8) is 0 Å². The summed E-state index contributed by atoms with van der Waals surface area (Å²) in [4.78, 5) is 33.0. The second kappa shape index (κ2) is 8.76. The third-order valence-electron chi connectivity index (χ3n) is 5.42. The predicted octanol–water partition coefficient (Wildman–Crippen LogP) is 5.54. The van der Waals surface area contributed by atoms with E-state index in [4.69, 9.17) is 0 Å². The number of para-hydroxylation sites is 1. The van der Waals surface area contributed by atoms with E-state index in [-0.39, 0.29) is 17.6 Å². The van der Waals surface area contributed by atoms with Gasteiger partial charge in [-0.05, 0) is 55.3 Å². The quantitative estimate of drug-likeness (QED) is 0.398. The minimum absolute atomic E-state index is 0.0566. The van der Waals surface area contributed by atoms with Crippen LogP contribution in [-0.2, 0) is 11.2 Å². The first-order valence-electron chi connectivity index (χ1n) is 10.4. The van der Waals surface area contributed by atoms with Gasteiger partial charge in [-0.2, -0.15) is 0 Å². The number of thiazole rings is 1. The van der Waals surface area contributed by atoms with Gasteiger partial charge in [-0.1, -0.05) is 30.3 Å². The van der Waals surface area contributed by atoms with Crippen LogP contribution in [0.25, 0.3) is 10.2 Å². The largest absolute Gasteiger partial charge is 0.322 e. The van der Waals surface area contributed by atoms with Crippen LogP contribution in [0.3, 0.4) is 0 Å². The fourth-order valence-electron chi connectivity index (χ4n) is 3.91. The van der Waals surface area contributed by atoms with Crippen LogP contribution in [0.15, 0.2) is 71.6 Å². The van der Waals surface area contributed by atoms with Crippen molar-refractivity contribution in [1.82, 2.24) is 4.98 Å². The van der Waals surface area contributed by atoms with Crippen LogP contribution in [0, 0.1) is 6.92 Å². The Morgan fingerprint density at radius 1 is 1.09 bits per heavy atom. The van der Waals surface area contributed by atoms with Gasteiger partial charge in [0.25, 0.3) is 5.91 Å². The van der Waals surface area contributed by atoms with Crippen LogP contribution < -0.4 is 10.2 Å². The molecule has 1 N–H and O–H groups in total. The number of nitrogens with one attached hydrogen (secondary N) is 1. The predicted molar refractivity (Wildman–Crippen MR) is 132 cm³/mol. The standard InChI is InChI=1S/C25H21N3O2S2/c1-16-26-20-11-10-18(14-23(20)32-16)27-25(30)19-7-3-5-9-22(19)31-15-24(29)28-13-12-17-6-2-4-8-21(17)28/h2-11,14H,12-13,15H2,1H3,(H,27,30). The van der Waals surface area contributed by atoms with Gasteiger partial charge in [0.1, 0.15) is 0 Å². The molecule has 2 amide bonds. The minimum atomic E-state index is -0.187. The molecule has 1 aliphatic heterocycles. The molecule has 1 aromatic heterocycles. The van der Waals surface area contributed by atoms with Gasteiger partial charge in [-0.15, -0.1) is 23.1 Å². The molecule has 5 nitrogen and oxygen atoms in total. The number of aryl methyl sites for hydroxylation is 1. The molecule has 0 bridgehead atoms. The summed E-state index contributed by atoms with van der Waals surface area (Å²) >= 11 is 3.00. The van der Waals surface area contributed by atoms with Crippen molar-refractivity contribution in [2.75, 3.05) is 22.5 Å². The number of hydrogen-bond donors (Lipinski definition) is 1. The van der Waals surface area contributed by atoms with Gasteiger partial charge < -0.3 is 10.2 Å². The SMILES string of the molecule is Cc1nc2ccc(NC(=O)c3ccccc3SCC(=O)N3CCc4ccccc43)cc2s1. The molecule has 2 heterocycles. The number of anilines is 2. The van der Waals surface area contributed by atoms with E-state index in [0.717, 1.165) is 37.9 Å². The molecular formula is C25H21N3O2S2. The van der Waals surface area contributed by atoms with Gasteiger partial charge >= 0.3 is 0 Å². The van der Waals surface area contributed by atoms with E-state index in [0.29, 0.717) is 12.1 Å². The van der Waals surface area contributed by atoms with Crippen LogP contribution in [0.2, 0.25) is 0 Å². The smallest absolute Gasteiger partial charge is 0.256 e. The molecular weight excluding hydrogens is 438 g/mol. The van der Waals surface area contributed by atoms with Crippen LogP contribution in [-0.4, -0.2) is 29.1 Å². The highest BCUT2D eigenvalue weighted by Crippen LogP contribution is 2.30. The number of carbonyl (C=O) groups excluding carboxylic acids is 2. The van der Waals surface area contributed by atoms with E-state index in [1.165, 1.54) is 17.3 Å². The van der Waals surface area contributed by atoms with E-state index >= 15 is 0 Å². The average Bonchev–Trinajstić information content (AvgIpc) is 3.40. The van der Waals surface area contributed by atoms with Gasteiger partial charge in [0.05, 0.1) is 26.5 Å². The molecule has 32 heavy (non-hydrogen) atoms. The Bertz CT molecular complexity index is 1330. The van der Waals surface area contributed by atoms with Crippen LogP contribution in [0.5, 0.6) is 0 Å². The first-order chi connectivity index (χ1) is 15.6. The number of hydrogen-bond acceptors (Lipinski definition) is 5. The van der Waals surface area contributed by atoms with E-state index in [1.54, 1.807) is 17.4 Å².